The fourth-order valence-corrected chi connectivity index (χ4v) is 3.56. The molecule has 0 spiro atoms. The Labute approximate surface area is 181 Å². The van der Waals surface area contributed by atoms with Crippen molar-refractivity contribution in [1.82, 2.24) is 14.8 Å². The summed E-state index contributed by atoms with van der Waals surface area (Å²) >= 11 is 0. The van der Waals surface area contributed by atoms with Gasteiger partial charge in [0.2, 0.25) is 5.88 Å². The third-order valence-electron chi connectivity index (χ3n) is 5.18. The number of benzene rings is 2. The molecule has 2 heterocycles. The number of nitrogens with one attached hydrogen (secondary N) is 1. The Kier molecular flexibility index (Phi) is 5.98. The van der Waals surface area contributed by atoms with Crippen LogP contribution >= 0.6 is 0 Å². The lowest BCUT2D eigenvalue weighted by Gasteiger charge is -2.11. The van der Waals surface area contributed by atoms with Crippen molar-refractivity contribution >= 4 is 22.4 Å². The van der Waals surface area contributed by atoms with Crippen molar-refractivity contribution in [1.29, 1.82) is 0 Å². The number of aryl methyl sites for hydroxylation is 1. The Morgan fingerprint density at radius 2 is 1.81 bits per heavy atom. The van der Waals surface area contributed by atoms with Gasteiger partial charge < -0.3 is 10.1 Å². The van der Waals surface area contributed by atoms with E-state index in [1.165, 1.54) is 0 Å². The minimum Gasteiger partial charge on any atom is -0.477 e. The zero-order valence-electron chi connectivity index (χ0n) is 18.1. The van der Waals surface area contributed by atoms with E-state index in [1.807, 2.05) is 67.9 Å². The van der Waals surface area contributed by atoms with E-state index in [0.29, 0.717) is 30.4 Å². The van der Waals surface area contributed by atoms with Crippen LogP contribution in [-0.2, 0) is 6.54 Å². The number of aromatic nitrogens is 3. The van der Waals surface area contributed by atoms with Gasteiger partial charge in [-0.15, -0.1) is 0 Å². The molecule has 4 aromatic rings. The van der Waals surface area contributed by atoms with Crippen molar-refractivity contribution in [3.05, 3.63) is 83.3 Å². The predicted molar refractivity (Wildman–Crippen MR) is 123 cm³/mol. The molecule has 0 fully saturated rings. The van der Waals surface area contributed by atoms with E-state index >= 15 is 0 Å². The first kappa shape index (κ1) is 20.6. The number of fused-ring (bicyclic) bond motifs is 1. The number of rotatable bonds is 7. The molecule has 0 saturated heterocycles. The van der Waals surface area contributed by atoms with Crippen molar-refractivity contribution in [2.24, 2.45) is 0 Å². The van der Waals surface area contributed by atoms with Gasteiger partial charge >= 0.3 is 0 Å². The topological polar surface area (TPSA) is 69.0 Å². The number of nitrogens with zero attached hydrogens (tertiary/aromatic N) is 3. The Balaban J connectivity index is 1.62. The molecule has 158 valence electrons. The maximum Gasteiger partial charge on any atom is 0.274 e. The highest BCUT2D eigenvalue weighted by atomic mass is 16.5. The summed E-state index contributed by atoms with van der Waals surface area (Å²) in [5, 5.41) is 9.44. The fraction of sp³-hybridized carbons (Fsp3) is 0.240. The van der Waals surface area contributed by atoms with Crippen LogP contribution in [0.25, 0.3) is 10.8 Å². The van der Waals surface area contributed by atoms with E-state index in [-0.39, 0.29) is 5.91 Å². The molecule has 1 N–H and O–H groups in total. The number of hydrogen-bond donors (Lipinski definition) is 1. The molecule has 2 aromatic heterocycles. The monoisotopic (exact) mass is 414 g/mol. The Morgan fingerprint density at radius 3 is 2.58 bits per heavy atom. The van der Waals surface area contributed by atoms with Crippen molar-refractivity contribution in [3.63, 3.8) is 0 Å². The Hall–Kier alpha value is -3.67. The highest BCUT2D eigenvalue weighted by Gasteiger charge is 2.18. The molecule has 4 rings (SSSR count). The Morgan fingerprint density at radius 1 is 1.06 bits per heavy atom. The lowest BCUT2D eigenvalue weighted by molar-refractivity contribution is 0.102. The van der Waals surface area contributed by atoms with E-state index < -0.39 is 0 Å². The number of amides is 1. The second-order valence-electron chi connectivity index (χ2n) is 7.53. The molecule has 0 unspecified atom stereocenters. The highest BCUT2D eigenvalue weighted by molar-refractivity contribution is 6.06. The molecule has 0 atom stereocenters. The lowest BCUT2D eigenvalue weighted by Crippen LogP contribution is -2.16. The summed E-state index contributed by atoms with van der Waals surface area (Å²) in [6.45, 7) is 7.09. The maximum absolute atomic E-state index is 13.1. The van der Waals surface area contributed by atoms with Gasteiger partial charge in [0.1, 0.15) is 5.69 Å². The SMILES string of the molecule is CCCOc1nc(C(=O)Nc2c(C)nn(Cc3ccccc3)c2C)cc2ccccc12. The summed E-state index contributed by atoms with van der Waals surface area (Å²) in [6.07, 6.45) is 0.866. The van der Waals surface area contributed by atoms with Gasteiger partial charge in [-0.05, 0) is 43.4 Å². The minimum absolute atomic E-state index is 0.280. The molecule has 2 aromatic carbocycles. The van der Waals surface area contributed by atoms with Crippen LogP contribution < -0.4 is 10.1 Å². The van der Waals surface area contributed by atoms with Crippen LogP contribution in [0.2, 0.25) is 0 Å². The molecule has 0 aliphatic rings. The summed E-state index contributed by atoms with van der Waals surface area (Å²) < 4.78 is 7.73. The zero-order valence-corrected chi connectivity index (χ0v) is 18.1. The van der Waals surface area contributed by atoms with Crippen molar-refractivity contribution < 1.29 is 9.53 Å². The van der Waals surface area contributed by atoms with Gasteiger partial charge in [0, 0.05) is 5.39 Å². The summed E-state index contributed by atoms with van der Waals surface area (Å²) in [5.41, 5.74) is 3.86. The van der Waals surface area contributed by atoms with E-state index in [1.54, 1.807) is 6.07 Å². The van der Waals surface area contributed by atoms with Crippen LogP contribution in [-0.4, -0.2) is 27.3 Å². The maximum atomic E-state index is 13.1. The van der Waals surface area contributed by atoms with Gasteiger partial charge in [-0.2, -0.15) is 5.10 Å². The molecule has 0 aliphatic heterocycles. The second-order valence-corrected chi connectivity index (χ2v) is 7.53. The van der Waals surface area contributed by atoms with Gasteiger partial charge in [0.05, 0.1) is 30.2 Å². The average molecular weight is 415 g/mol. The van der Waals surface area contributed by atoms with E-state index in [2.05, 4.69) is 27.5 Å². The zero-order chi connectivity index (χ0) is 21.8. The van der Waals surface area contributed by atoms with E-state index in [0.717, 1.165) is 34.1 Å². The molecular weight excluding hydrogens is 388 g/mol. The highest BCUT2D eigenvalue weighted by Crippen LogP contribution is 2.26. The summed E-state index contributed by atoms with van der Waals surface area (Å²) in [5.74, 6) is 0.205. The third-order valence-corrected chi connectivity index (χ3v) is 5.18. The number of ether oxygens (including phenoxy) is 1. The van der Waals surface area contributed by atoms with Gasteiger partial charge in [-0.25, -0.2) is 4.98 Å². The van der Waals surface area contributed by atoms with Gasteiger partial charge in [0.25, 0.3) is 5.91 Å². The standard InChI is InChI=1S/C25H26N4O2/c1-4-14-31-25-21-13-9-8-12-20(21)15-22(26-25)24(30)27-23-17(2)28-29(18(23)3)16-19-10-6-5-7-11-19/h5-13,15H,4,14,16H2,1-3H3,(H,27,30). The smallest absolute Gasteiger partial charge is 0.274 e. The van der Waals surface area contributed by atoms with Crippen LogP contribution in [0.3, 0.4) is 0 Å². The molecule has 0 bridgehead atoms. The molecular formula is C25H26N4O2. The molecule has 6 nitrogen and oxygen atoms in total. The molecule has 1 amide bonds. The predicted octanol–water partition coefficient (Wildman–Crippen LogP) is 5.14. The summed E-state index contributed by atoms with van der Waals surface area (Å²) in [6, 6.07) is 19.7. The number of carbonyl (C=O) groups is 1. The molecule has 0 aliphatic carbocycles. The van der Waals surface area contributed by atoms with Crippen molar-refractivity contribution in [2.75, 3.05) is 11.9 Å². The molecule has 31 heavy (non-hydrogen) atoms. The minimum atomic E-state index is -0.280. The van der Waals surface area contributed by atoms with Crippen LogP contribution in [0.15, 0.2) is 60.7 Å². The number of pyridine rings is 1. The first-order valence-corrected chi connectivity index (χ1v) is 10.5. The molecule has 0 saturated carbocycles. The van der Waals surface area contributed by atoms with Gasteiger partial charge in [0.15, 0.2) is 0 Å². The Bertz CT molecular complexity index is 1220. The first-order valence-electron chi connectivity index (χ1n) is 10.5. The van der Waals surface area contributed by atoms with E-state index in [9.17, 15) is 4.79 Å². The molecule has 0 radical (unpaired) electrons. The largest absolute Gasteiger partial charge is 0.477 e. The van der Waals surface area contributed by atoms with Gasteiger partial charge in [-0.1, -0.05) is 55.5 Å². The number of carbonyl (C=O) groups excluding carboxylic acids is 1. The fourth-order valence-electron chi connectivity index (χ4n) is 3.56. The first-order chi connectivity index (χ1) is 15.1. The molecule has 6 heteroatoms. The summed E-state index contributed by atoms with van der Waals surface area (Å²) in [7, 11) is 0. The van der Waals surface area contributed by atoms with Crippen LogP contribution in [0.4, 0.5) is 5.69 Å². The van der Waals surface area contributed by atoms with Crippen LogP contribution in [0.5, 0.6) is 5.88 Å². The lowest BCUT2D eigenvalue weighted by atomic mass is 10.1. The third kappa shape index (κ3) is 4.43. The quantitative estimate of drug-likeness (QED) is 0.455. The normalized spacial score (nSPS) is 10.9. The van der Waals surface area contributed by atoms with Crippen LogP contribution in [0.1, 0.15) is 40.8 Å². The number of anilines is 1. The number of hydrogen-bond acceptors (Lipinski definition) is 4. The van der Waals surface area contributed by atoms with Crippen molar-refractivity contribution in [3.8, 4) is 5.88 Å². The summed E-state index contributed by atoms with van der Waals surface area (Å²) in [4.78, 5) is 17.6. The van der Waals surface area contributed by atoms with Gasteiger partial charge in [-0.3, -0.25) is 9.48 Å². The average Bonchev–Trinajstić information content (AvgIpc) is 3.05. The second kappa shape index (κ2) is 9.00. The van der Waals surface area contributed by atoms with E-state index in [4.69, 9.17) is 4.74 Å². The van der Waals surface area contributed by atoms with Crippen LogP contribution in [0, 0.1) is 13.8 Å². The van der Waals surface area contributed by atoms with Crippen molar-refractivity contribution in [2.45, 2.75) is 33.7 Å².